The average Bonchev–Trinajstić information content (AvgIpc) is 3.34. The van der Waals surface area contributed by atoms with Crippen LogP contribution in [0.1, 0.15) is 25.7 Å². The van der Waals surface area contributed by atoms with Crippen LogP contribution in [0.5, 0.6) is 0 Å². The molecular formula is C22H28ClN3O2. The van der Waals surface area contributed by atoms with Crippen molar-refractivity contribution in [3.8, 4) is 0 Å². The summed E-state index contributed by atoms with van der Waals surface area (Å²) in [5.74, 6) is 2.01. The number of hydrogen-bond acceptors (Lipinski definition) is 3. The molecule has 2 aliphatic carbocycles. The molecule has 4 rings (SSSR count). The minimum absolute atomic E-state index is 0.00216. The highest BCUT2D eigenvalue weighted by Gasteiger charge is 2.35. The summed E-state index contributed by atoms with van der Waals surface area (Å²) >= 11 is 6.07. The fourth-order valence-electron chi connectivity index (χ4n) is 4.73. The summed E-state index contributed by atoms with van der Waals surface area (Å²) in [5.41, 5.74) is 1.09. The summed E-state index contributed by atoms with van der Waals surface area (Å²) in [5, 5.41) is 3.76. The molecule has 2 bridgehead atoms. The molecule has 1 N–H and O–H groups in total. The number of benzene rings is 1. The first-order valence-corrected chi connectivity index (χ1v) is 10.7. The molecule has 2 amide bonds. The fraction of sp³-hybridized carbons (Fsp3) is 0.545. The molecule has 6 heteroatoms. The Labute approximate surface area is 171 Å². The molecule has 0 spiro atoms. The van der Waals surface area contributed by atoms with Gasteiger partial charge in [-0.3, -0.25) is 9.59 Å². The maximum Gasteiger partial charge on any atom is 0.223 e. The van der Waals surface area contributed by atoms with Crippen molar-refractivity contribution >= 4 is 29.1 Å². The highest BCUT2D eigenvalue weighted by atomic mass is 35.5. The van der Waals surface area contributed by atoms with E-state index >= 15 is 0 Å². The van der Waals surface area contributed by atoms with Gasteiger partial charge in [-0.05, 0) is 48.8 Å². The second-order valence-electron chi connectivity index (χ2n) is 8.19. The Balaban J connectivity index is 1.15. The van der Waals surface area contributed by atoms with Crippen LogP contribution in [-0.2, 0) is 9.59 Å². The minimum atomic E-state index is -0.00216. The molecule has 150 valence electrons. The van der Waals surface area contributed by atoms with Gasteiger partial charge in [-0.15, -0.1) is 0 Å². The zero-order valence-corrected chi connectivity index (χ0v) is 16.9. The van der Waals surface area contributed by atoms with Gasteiger partial charge in [0.1, 0.15) is 0 Å². The van der Waals surface area contributed by atoms with E-state index in [-0.39, 0.29) is 18.2 Å². The van der Waals surface area contributed by atoms with Gasteiger partial charge in [0.15, 0.2) is 0 Å². The topological polar surface area (TPSA) is 52.7 Å². The highest BCUT2D eigenvalue weighted by molar-refractivity contribution is 6.30. The first-order valence-electron chi connectivity index (χ1n) is 10.3. The van der Waals surface area contributed by atoms with Gasteiger partial charge < -0.3 is 15.1 Å². The second kappa shape index (κ2) is 8.56. The van der Waals surface area contributed by atoms with Crippen molar-refractivity contribution in [2.75, 3.05) is 37.6 Å². The van der Waals surface area contributed by atoms with Gasteiger partial charge in [-0.25, -0.2) is 0 Å². The Morgan fingerprint density at radius 2 is 1.89 bits per heavy atom. The van der Waals surface area contributed by atoms with Gasteiger partial charge in [-0.1, -0.05) is 29.8 Å². The molecule has 1 aromatic rings. The number of fused-ring (bicyclic) bond motifs is 2. The van der Waals surface area contributed by atoms with Crippen LogP contribution in [0.2, 0.25) is 5.02 Å². The normalized spacial score (nSPS) is 26.0. The van der Waals surface area contributed by atoms with Crippen molar-refractivity contribution in [1.29, 1.82) is 0 Å². The van der Waals surface area contributed by atoms with E-state index in [1.54, 1.807) is 0 Å². The molecule has 1 aromatic carbocycles. The number of amides is 2. The van der Waals surface area contributed by atoms with Gasteiger partial charge in [0.2, 0.25) is 11.8 Å². The number of allylic oxidation sites excluding steroid dienone is 2. The lowest BCUT2D eigenvalue weighted by molar-refractivity contribution is -0.133. The van der Waals surface area contributed by atoms with Gasteiger partial charge in [-0.2, -0.15) is 0 Å². The summed E-state index contributed by atoms with van der Waals surface area (Å²) in [6.45, 7) is 3.69. The third-order valence-electron chi connectivity index (χ3n) is 6.35. The maximum atomic E-state index is 12.5. The molecule has 0 radical (unpaired) electrons. The van der Waals surface area contributed by atoms with E-state index < -0.39 is 0 Å². The number of hydrogen-bond donors (Lipinski definition) is 1. The number of anilines is 1. The number of rotatable bonds is 6. The second-order valence-corrected chi connectivity index (χ2v) is 8.63. The number of carbonyl (C=O) groups is 2. The van der Waals surface area contributed by atoms with Gasteiger partial charge in [0.05, 0.1) is 0 Å². The van der Waals surface area contributed by atoms with Crippen LogP contribution in [0.15, 0.2) is 36.4 Å². The summed E-state index contributed by atoms with van der Waals surface area (Å²) < 4.78 is 0. The first kappa shape index (κ1) is 19.3. The van der Waals surface area contributed by atoms with Crippen LogP contribution in [0, 0.1) is 17.8 Å². The molecule has 28 heavy (non-hydrogen) atoms. The molecule has 2 fully saturated rings. The lowest BCUT2D eigenvalue weighted by Gasteiger charge is -2.36. The van der Waals surface area contributed by atoms with E-state index in [9.17, 15) is 9.59 Å². The predicted molar refractivity (Wildman–Crippen MR) is 111 cm³/mol. The van der Waals surface area contributed by atoms with Gasteiger partial charge in [0, 0.05) is 56.3 Å². The van der Waals surface area contributed by atoms with Crippen LogP contribution in [0.3, 0.4) is 0 Å². The standard InChI is InChI=1S/C22H28ClN3O2/c23-19-2-1-3-20(14-19)25-8-10-26(11-9-25)22(28)7-6-21(27)24-15-18-13-16-4-5-17(18)12-16/h1-5,14,16-18H,6-13,15H2,(H,24,27)/t16-,17+,18+/m1/s1. The highest BCUT2D eigenvalue weighted by Crippen LogP contribution is 2.42. The summed E-state index contributed by atoms with van der Waals surface area (Å²) in [6, 6.07) is 7.81. The number of halogens is 1. The number of piperazine rings is 1. The number of nitrogens with zero attached hydrogens (tertiary/aromatic N) is 2. The van der Waals surface area contributed by atoms with Crippen molar-refractivity contribution < 1.29 is 9.59 Å². The first-order chi connectivity index (χ1) is 13.6. The Kier molecular flexibility index (Phi) is 5.90. The van der Waals surface area contributed by atoms with Gasteiger partial charge >= 0.3 is 0 Å². The Hall–Kier alpha value is -2.01. The van der Waals surface area contributed by atoms with Crippen LogP contribution in [0.4, 0.5) is 5.69 Å². The third-order valence-corrected chi connectivity index (χ3v) is 6.58. The molecule has 1 heterocycles. The van der Waals surface area contributed by atoms with Crippen molar-refractivity contribution in [3.05, 3.63) is 41.4 Å². The molecule has 0 unspecified atom stereocenters. The van der Waals surface area contributed by atoms with Crippen LogP contribution >= 0.6 is 11.6 Å². The molecule has 3 aliphatic rings. The third kappa shape index (κ3) is 4.52. The molecule has 3 atom stereocenters. The molecule has 5 nitrogen and oxygen atoms in total. The van der Waals surface area contributed by atoms with Crippen molar-refractivity contribution in [3.63, 3.8) is 0 Å². The number of nitrogens with one attached hydrogen (secondary N) is 1. The largest absolute Gasteiger partial charge is 0.368 e. The Bertz CT molecular complexity index is 758. The van der Waals surface area contributed by atoms with Crippen molar-refractivity contribution in [2.45, 2.75) is 25.7 Å². The molecule has 0 aromatic heterocycles. The average molecular weight is 402 g/mol. The molecular weight excluding hydrogens is 374 g/mol. The van der Waals surface area contributed by atoms with E-state index in [0.717, 1.165) is 36.3 Å². The molecule has 1 saturated carbocycles. The van der Waals surface area contributed by atoms with E-state index in [0.29, 0.717) is 31.3 Å². The van der Waals surface area contributed by atoms with Crippen LogP contribution < -0.4 is 10.2 Å². The summed E-state index contributed by atoms with van der Waals surface area (Å²) in [4.78, 5) is 28.7. The fourth-order valence-corrected chi connectivity index (χ4v) is 4.91. The molecule has 1 saturated heterocycles. The summed E-state index contributed by atoms with van der Waals surface area (Å²) in [6.07, 6.45) is 7.63. The van der Waals surface area contributed by atoms with Crippen molar-refractivity contribution in [1.82, 2.24) is 10.2 Å². The molecule has 1 aliphatic heterocycles. The zero-order chi connectivity index (χ0) is 19.5. The van der Waals surface area contributed by atoms with Crippen molar-refractivity contribution in [2.24, 2.45) is 17.8 Å². The van der Waals surface area contributed by atoms with E-state index in [4.69, 9.17) is 11.6 Å². The van der Waals surface area contributed by atoms with Crippen LogP contribution in [-0.4, -0.2) is 49.4 Å². The Morgan fingerprint density at radius 1 is 1.07 bits per heavy atom. The smallest absolute Gasteiger partial charge is 0.223 e. The quantitative estimate of drug-likeness (QED) is 0.745. The summed E-state index contributed by atoms with van der Waals surface area (Å²) in [7, 11) is 0. The predicted octanol–water partition coefficient (Wildman–Crippen LogP) is 3.10. The monoisotopic (exact) mass is 401 g/mol. The SMILES string of the molecule is O=C(CCC(=O)N1CCN(c2cccc(Cl)c2)CC1)NC[C@@H]1C[C@@H]2C=C[C@H]1C2. The van der Waals surface area contributed by atoms with E-state index in [1.165, 1.54) is 12.8 Å². The minimum Gasteiger partial charge on any atom is -0.368 e. The maximum absolute atomic E-state index is 12.5. The lowest BCUT2D eigenvalue weighted by atomic mass is 9.93. The van der Waals surface area contributed by atoms with E-state index in [2.05, 4.69) is 22.4 Å². The van der Waals surface area contributed by atoms with Crippen LogP contribution in [0.25, 0.3) is 0 Å². The lowest BCUT2D eigenvalue weighted by Crippen LogP contribution is -2.49. The zero-order valence-electron chi connectivity index (χ0n) is 16.1. The Morgan fingerprint density at radius 3 is 2.57 bits per heavy atom. The van der Waals surface area contributed by atoms with E-state index in [1.807, 2.05) is 29.2 Å². The van der Waals surface area contributed by atoms with Gasteiger partial charge in [0.25, 0.3) is 0 Å². The number of carbonyl (C=O) groups excluding carboxylic acids is 2.